The van der Waals surface area contributed by atoms with Crippen molar-refractivity contribution in [3.63, 3.8) is 0 Å². The fourth-order valence-electron chi connectivity index (χ4n) is 2.01. The van der Waals surface area contributed by atoms with E-state index in [1.165, 1.54) is 36.4 Å². The fourth-order valence-corrected chi connectivity index (χ4v) is 3.20. The highest BCUT2D eigenvalue weighted by atomic mass is 32.2. The largest absolute Gasteiger partial charge is 0.480 e. The lowest BCUT2D eigenvalue weighted by molar-refractivity contribution is -0.138. The Morgan fingerprint density at radius 2 is 1.70 bits per heavy atom. The molecule has 0 aliphatic rings. The van der Waals surface area contributed by atoms with Crippen LogP contribution in [0.1, 0.15) is 11.1 Å². The molecule has 0 aliphatic heterocycles. The highest BCUT2D eigenvalue weighted by Gasteiger charge is 2.25. The Morgan fingerprint density at radius 1 is 1.13 bits per heavy atom. The van der Waals surface area contributed by atoms with Crippen molar-refractivity contribution in [2.75, 3.05) is 0 Å². The van der Waals surface area contributed by atoms with Gasteiger partial charge in [0.15, 0.2) is 0 Å². The summed E-state index contributed by atoms with van der Waals surface area (Å²) < 4.78 is 39.6. The van der Waals surface area contributed by atoms with Crippen molar-refractivity contribution in [2.24, 2.45) is 0 Å². The third-order valence-corrected chi connectivity index (χ3v) is 4.77. The van der Waals surface area contributed by atoms with E-state index in [1.807, 2.05) is 6.92 Å². The highest BCUT2D eigenvalue weighted by Crippen LogP contribution is 2.13. The van der Waals surface area contributed by atoms with E-state index in [2.05, 4.69) is 4.72 Å². The molecule has 0 amide bonds. The highest BCUT2D eigenvalue weighted by molar-refractivity contribution is 7.89. The van der Waals surface area contributed by atoms with E-state index in [4.69, 9.17) is 0 Å². The summed E-state index contributed by atoms with van der Waals surface area (Å²) in [5, 5.41) is 9.24. The lowest BCUT2D eigenvalue weighted by Gasteiger charge is -2.15. The standard InChI is InChI=1S/C16H16FNO4S/c1-11-2-8-14(9-3-11)23(21,22)18-15(16(19)20)10-12-4-6-13(17)7-5-12/h2-9,15,18H,10H2,1H3,(H,19,20). The molecular formula is C16H16FNO4S. The molecular weight excluding hydrogens is 321 g/mol. The Labute approximate surface area is 133 Å². The van der Waals surface area contributed by atoms with Crippen molar-refractivity contribution in [1.29, 1.82) is 0 Å². The molecule has 23 heavy (non-hydrogen) atoms. The zero-order valence-corrected chi connectivity index (χ0v) is 13.2. The number of halogens is 1. The Morgan fingerprint density at radius 3 is 2.22 bits per heavy atom. The molecule has 0 saturated heterocycles. The number of sulfonamides is 1. The number of carboxylic acids is 1. The van der Waals surface area contributed by atoms with Crippen LogP contribution in [0.4, 0.5) is 4.39 Å². The number of carbonyl (C=O) groups is 1. The summed E-state index contributed by atoms with van der Waals surface area (Å²) in [5.74, 6) is -1.74. The lowest BCUT2D eigenvalue weighted by Crippen LogP contribution is -2.42. The number of carboxylic acid groups (broad SMARTS) is 1. The van der Waals surface area contributed by atoms with Crippen LogP contribution < -0.4 is 4.72 Å². The molecule has 0 fully saturated rings. The first kappa shape index (κ1) is 17.1. The summed E-state index contributed by atoms with van der Waals surface area (Å²) in [6, 6.07) is 9.98. The molecule has 0 saturated carbocycles. The second-order valence-corrected chi connectivity index (χ2v) is 6.87. The van der Waals surface area contributed by atoms with Crippen LogP contribution in [0.15, 0.2) is 53.4 Å². The van der Waals surface area contributed by atoms with Gasteiger partial charge in [-0.15, -0.1) is 0 Å². The van der Waals surface area contributed by atoms with Crippen LogP contribution in [-0.2, 0) is 21.2 Å². The van der Waals surface area contributed by atoms with Gasteiger partial charge >= 0.3 is 5.97 Å². The minimum absolute atomic E-state index is 0.00606. The molecule has 2 aromatic rings. The molecule has 1 atom stereocenters. The van der Waals surface area contributed by atoms with Gasteiger partial charge in [-0.1, -0.05) is 29.8 Å². The number of nitrogens with one attached hydrogen (secondary N) is 1. The Bertz CT molecular complexity index is 786. The van der Waals surface area contributed by atoms with E-state index in [9.17, 15) is 22.7 Å². The van der Waals surface area contributed by atoms with Crippen molar-refractivity contribution >= 4 is 16.0 Å². The monoisotopic (exact) mass is 337 g/mol. The van der Waals surface area contributed by atoms with Gasteiger partial charge in [0.25, 0.3) is 0 Å². The van der Waals surface area contributed by atoms with Crippen LogP contribution >= 0.6 is 0 Å². The van der Waals surface area contributed by atoms with Gasteiger partial charge in [0.05, 0.1) is 4.90 Å². The number of rotatable bonds is 6. The van der Waals surface area contributed by atoms with Crippen LogP contribution in [0.25, 0.3) is 0 Å². The average molecular weight is 337 g/mol. The van der Waals surface area contributed by atoms with Crippen molar-refractivity contribution in [3.05, 3.63) is 65.5 Å². The third kappa shape index (κ3) is 4.61. The zero-order valence-electron chi connectivity index (χ0n) is 12.4. The van der Waals surface area contributed by atoms with E-state index in [0.717, 1.165) is 5.56 Å². The Kier molecular flexibility index (Phi) is 5.12. The average Bonchev–Trinajstić information content (AvgIpc) is 2.49. The van der Waals surface area contributed by atoms with Gasteiger partial charge in [-0.2, -0.15) is 4.72 Å². The zero-order chi connectivity index (χ0) is 17.0. The van der Waals surface area contributed by atoms with Gasteiger partial charge in [-0.05, 0) is 43.2 Å². The van der Waals surface area contributed by atoms with Gasteiger partial charge < -0.3 is 5.11 Å². The maximum Gasteiger partial charge on any atom is 0.322 e. The second kappa shape index (κ2) is 6.89. The maximum absolute atomic E-state index is 12.9. The SMILES string of the molecule is Cc1ccc(S(=O)(=O)NC(Cc2ccc(F)cc2)C(=O)O)cc1. The first-order chi connectivity index (χ1) is 10.8. The third-order valence-electron chi connectivity index (χ3n) is 3.28. The van der Waals surface area contributed by atoms with Crippen LogP contribution in [-0.4, -0.2) is 25.5 Å². The molecule has 2 N–H and O–H groups in total. The molecule has 5 nitrogen and oxygen atoms in total. The molecule has 0 heterocycles. The van der Waals surface area contributed by atoms with Gasteiger partial charge in [0.1, 0.15) is 11.9 Å². The Hall–Kier alpha value is -2.25. The molecule has 2 rings (SSSR count). The first-order valence-corrected chi connectivity index (χ1v) is 8.32. The van der Waals surface area contributed by atoms with Gasteiger partial charge in [-0.25, -0.2) is 12.8 Å². The number of hydrogen-bond acceptors (Lipinski definition) is 3. The van der Waals surface area contributed by atoms with Crippen LogP contribution in [0, 0.1) is 12.7 Å². The molecule has 0 radical (unpaired) electrons. The minimum atomic E-state index is -3.95. The van der Waals surface area contributed by atoms with E-state index < -0.39 is 27.9 Å². The van der Waals surface area contributed by atoms with Gasteiger partial charge in [0.2, 0.25) is 10.0 Å². The van der Waals surface area contributed by atoms with Gasteiger partial charge in [-0.3, -0.25) is 4.79 Å². The van der Waals surface area contributed by atoms with E-state index in [-0.39, 0.29) is 11.3 Å². The molecule has 122 valence electrons. The summed E-state index contributed by atoms with van der Waals surface area (Å²) >= 11 is 0. The van der Waals surface area contributed by atoms with Crippen molar-refractivity contribution < 1.29 is 22.7 Å². The normalized spacial score (nSPS) is 12.8. The number of aryl methyl sites for hydroxylation is 1. The molecule has 7 heteroatoms. The summed E-state index contributed by atoms with van der Waals surface area (Å²) in [6.45, 7) is 1.82. The predicted molar refractivity (Wildman–Crippen MR) is 83.0 cm³/mol. The molecule has 0 aliphatic carbocycles. The summed E-state index contributed by atoms with van der Waals surface area (Å²) in [7, 11) is -3.95. The summed E-state index contributed by atoms with van der Waals surface area (Å²) in [6.07, 6.45) is -0.0826. The number of hydrogen-bond donors (Lipinski definition) is 2. The van der Waals surface area contributed by atoms with Crippen molar-refractivity contribution in [1.82, 2.24) is 4.72 Å². The number of aliphatic carboxylic acids is 1. The van der Waals surface area contributed by atoms with Crippen LogP contribution in [0.3, 0.4) is 0 Å². The topological polar surface area (TPSA) is 83.5 Å². The van der Waals surface area contributed by atoms with Crippen molar-refractivity contribution in [2.45, 2.75) is 24.3 Å². The van der Waals surface area contributed by atoms with Crippen molar-refractivity contribution in [3.8, 4) is 0 Å². The first-order valence-electron chi connectivity index (χ1n) is 6.84. The van der Waals surface area contributed by atoms with Crippen LogP contribution in [0.2, 0.25) is 0 Å². The fraction of sp³-hybridized carbons (Fsp3) is 0.188. The second-order valence-electron chi connectivity index (χ2n) is 5.16. The maximum atomic E-state index is 12.9. The molecule has 0 aromatic heterocycles. The molecule has 2 aromatic carbocycles. The minimum Gasteiger partial charge on any atom is -0.480 e. The molecule has 1 unspecified atom stereocenters. The van der Waals surface area contributed by atoms with E-state index in [0.29, 0.717) is 5.56 Å². The summed E-state index contributed by atoms with van der Waals surface area (Å²) in [5.41, 5.74) is 1.41. The summed E-state index contributed by atoms with van der Waals surface area (Å²) in [4.78, 5) is 11.3. The number of benzene rings is 2. The van der Waals surface area contributed by atoms with E-state index >= 15 is 0 Å². The Balaban J connectivity index is 2.20. The molecule has 0 bridgehead atoms. The molecule has 0 spiro atoms. The van der Waals surface area contributed by atoms with Crippen LogP contribution in [0.5, 0.6) is 0 Å². The predicted octanol–water partition coefficient (Wildman–Crippen LogP) is 2.11. The lowest BCUT2D eigenvalue weighted by atomic mass is 10.1. The smallest absolute Gasteiger partial charge is 0.322 e. The quantitative estimate of drug-likeness (QED) is 0.846. The van der Waals surface area contributed by atoms with Gasteiger partial charge in [0, 0.05) is 0 Å². The van der Waals surface area contributed by atoms with E-state index in [1.54, 1.807) is 12.1 Å².